The number of anilines is 1. The molecule has 114 valence electrons. The first-order valence-corrected chi connectivity index (χ1v) is 7.29. The maximum absolute atomic E-state index is 11.9. The van der Waals surface area contributed by atoms with Crippen molar-refractivity contribution >= 4 is 17.5 Å². The first-order chi connectivity index (χ1) is 10.6. The van der Waals surface area contributed by atoms with Gasteiger partial charge in [-0.2, -0.15) is 0 Å². The maximum Gasteiger partial charge on any atom is 0.226 e. The summed E-state index contributed by atoms with van der Waals surface area (Å²) in [5.74, 6) is -0.123. The summed E-state index contributed by atoms with van der Waals surface area (Å²) >= 11 is 0. The van der Waals surface area contributed by atoms with Gasteiger partial charge in [-0.25, -0.2) is 0 Å². The first-order valence-electron chi connectivity index (χ1n) is 7.29. The molecule has 22 heavy (non-hydrogen) atoms. The summed E-state index contributed by atoms with van der Waals surface area (Å²) in [5, 5.41) is 2.82. The van der Waals surface area contributed by atoms with Crippen molar-refractivity contribution in [1.82, 2.24) is 4.90 Å². The number of nitrogens with one attached hydrogen (secondary N) is 1. The molecule has 2 aromatic rings. The lowest BCUT2D eigenvalue weighted by molar-refractivity contribution is -0.129. The van der Waals surface area contributed by atoms with Gasteiger partial charge in [0.05, 0.1) is 0 Å². The Balaban J connectivity index is 1.86. The molecule has 0 saturated carbocycles. The molecule has 1 N–H and O–H groups in total. The highest BCUT2D eigenvalue weighted by atomic mass is 16.2. The second-order valence-corrected chi connectivity index (χ2v) is 5.09. The molecule has 0 saturated heterocycles. The molecule has 0 aliphatic rings. The van der Waals surface area contributed by atoms with Gasteiger partial charge in [0.25, 0.3) is 0 Å². The maximum atomic E-state index is 11.9. The van der Waals surface area contributed by atoms with E-state index in [4.69, 9.17) is 0 Å². The van der Waals surface area contributed by atoms with E-state index in [0.29, 0.717) is 13.1 Å². The van der Waals surface area contributed by atoms with Crippen molar-refractivity contribution in [3.63, 3.8) is 0 Å². The largest absolute Gasteiger partial charge is 0.338 e. The molecule has 0 spiro atoms. The van der Waals surface area contributed by atoms with E-state index >= 15 is 0 Å². The van der Waals surface area contributed by atoms with E-state index in [1.165, 1.54) is 6.92 Å². The molecule has 2 amide bonds. The molecule has 0 aliphatic carbocycles. The molecule has 0 radical (unpaired) electrons. The van der Waals surface area contributed by atoms with Gasteiger partial charge in [-0.15, -0.1) is 0 Å². The van der Waals surface area contributed by atoms with Crippen molar-refractivity contribution in [3.8, 4) is 0 Å². The molecular weight excluding hydrogens is 276 g/mol. The van der Waals surface area contributed by atoms with Crippen LogP contribution in [0.3, 0.4) is 0 Å². The zero-order valence-electron chi connectivity index (χ0n) is 12.7. The third-order valence-electron chi connectivity index (χ3n) is 3.33. The molecule has 0 heterocycles. The SMILES string of the molecule is CC(=O)N(CCC(=O)Nc1ccccc1)Cc1ccccc1. The van der Waals surface area contributed by atoms with E-state index in [1.807, 2.05) is 60.7 Å². The molecular formula is C18H20N2O2. The average molecular weight is 296 g/mol. The Bertz CT molecular complexity index is 611. The second-order valence-electron chi connectivity index (χ2n) is 5.09. The number of benzene rings is 2. The Kier molecular flexibility index (Phi) is 5.72. The normalized spacial score (nSPS) is 10.0. The standard InChI is InChI=1S/C18H20N2O2/c1-15(21)20(14-16-8-4-2-5-9-16)13-12-18(22)19-17-10-6-3-7-11-17/h2-11H,12-14H2,1H3,(H,19,22). The van der Waals surface area contributed by atoms with Crippen LogP contribution in [0.2, 0.25) is 0 Å². The number of carbonyl (C=O) groups is 2. The minimum Gasteiger partial charge on any atom is -0.338 e. The number of rotatable bonds is 6. The molecule has 0 aromatic heterocycles. The van der Waals surface area contributed by atoms with Gasteiger partial charge < -0.3 is 10.2 Å². The Morgan fingerprint density at radius 1 is 0.955 bits per heavy atom. The van der Waals surface area contributed by atoms with Crippen LogP contribution in [0.4, 0.5) is 5.69 Å². The van der Waals surface area contributed by atoms with Gasteiger partial charge >= 0.3 is 0 Å². The van der Waals surface area contributed by atoms with Gasteiger partial charge in [0.15, 0.2) is 0 Å². The van der Waals surface area contributed by atoms with Crippen LogP contribution in [-0.2, 0) is 16.1 Å². The highest BCUT2D eigenvalue weighted by Crippen LogP contribution is 2.08. The Labute approximate surface area is 130 Å². The number of hydrogen-bond donors (Lipinski definition) is 1. The fourth-order valence-electron chi connectivity index (χ4n) is 2.13. The van der Waals surface area contributed by atoms with E-state index in [1.54, 1.807) is 4.90 Å². The van der Waals surface area contributed by atoms with Crippen LogP contribution in [-0.4, -0.2) is 23.3 Å². The Hall–Kier alpha value is -2.62. The average Bonchev–Trinajstić information content (AvgIpc) is 2.53. The Morgan fingerprint density at radius 2 is 1.55 bits per heavy atom. The van der Waals surface area contributed by atoms with Gasteiger partial charge in [0.1, 0.15) is 0 Å². The van der Waals surface area contributed by atoms with Crippen LogP contribution in [0, 0.1) is 0 Å². The number of hydrogen-bond acceptors (Lipinski definition) is 2. The Morgan fingerprint density at radius 3 is 2.14 bits per heavy atom. The van der Waals surface area contributed by atoms with Crippen molar-refractivity contribution in [2.24, 2.45) is 0 Å². The van der Waals surface area contributed by atoms with E-state index in [0.717, 1.165) is 11.3 Å². The molecule has 0 atom stereocenters. The summed E-state index contributed by atoms with van der Waals surface area (Å²) < 4.78 is 0. The molecule has 0 fully saturated rings. The summed E-state index contributed by atoms with van der Waals surface area (Å²) in [6, 6.07) is 19.1. The van der Waals surface area contributed by atoms with Crippen LogP contribution in [0.25, 0.3) is 0 Å². The van der Waals surface area contributed by atoms with Crippen LogP contribution >= 0.6 is 0 Å². The third kappa shape index (κ3) is 5.05. The van der Waals surface area contributed by atoms with Crippen molar-refractivity contribution in [2.75, 3.05) is 11.9 Å². The third-order valence-corrected chi connectivity index (χ3v) is 3.33. The predicted molar refractivity (Wildman–Crippen MR) is 87.2 cm³/mol. The molecule has 4 heteroatoms. The fourth-order valence-corrected chi connectivity index (χ4v) is 2.13. The lowest BCUT2D eigenvalue weighted by Crippen LogP contribution is -2.31. The topological polar surface area (TPSA) is 49.4 Å². The lowest BCUT2D eigenvalue weighted by atomic mass is 10.2. The summed E-state index contributed by atoms with van der Waals surface area (Å²) in [7, 11) is 0. The van der Waals surface area contributed by atoms with E-state index in [-0.39, 0.29) is 18.2 Å². The van der Waals surface area contributed by atoms with Crippen molar-refractivity contribution in [3.05, 3.63) is 66.2 Å². The van der Waals surface area contributed by atoms with E-state index in [2.05, 4.69) is 5.32 Å². The fraction of sp³-hybridized carbons (Fsp3) is 0.222. The molecule has 0 bridgehead atoms. The van der Waals surface area contributed by atoms with Gasteiger partial charge in [-0.05, 0) is 17.7 Å². The second kappa shape index (κ2) is 7.98. The highest BCUT2D eigenvalue weighted by molar-refractivity contribution is 5.91. The van der Waals surface area contributed by atoms with Gasteiger partial charge in [-0.3, -0.25) is 9.59 Å². The van der Waals surface area contributed by atoms with Crippen molar-refractivity contribution < 1.29 is 9.59 Å². The summed E-state index contributed by atoms with van der Waals surface area (Å²) in [6.45, 7) is 2.45. The predicted octanol–water partition coefficient (Wildman–Crippen LogP) is 3.06. The zero-order valence-corrected chi connectivity index (χ0v) is 12.7. The van der Waals surface area contributed by atoms with Crippen LogP contribution < -0.4 is 5.32 Å². The zero-order chi connectivity index (χ0) is 15.8. The van der Waals surface area contributed by atoms with E-state index < -0.39 is 0 Å². The quantitative estimate of drug-likeness (QED) is 0.890. The summed E-state index contributed by atoms with van der Waals surface area (Å²) in [5.41, 5.74) is 1.83. The highest BCUT2D eigenvalue weighted by Gasteiger charge is 2.11. The number of amides is 2. The smallest absolute Gasteiger partial charge is 0.226 e. The minimum absolute atomic E-state index is 0.0311. The summed E-state index contributed by atoms with van der Waals surface area (Å²) in [4.78, 5) is 25.3. The molecule has 0 unspecified atom stereocenters. The minimum atomic E-state index is -0.0921. The number of nitrogens with zero attached hydrogens (tertiary/aromatic N) is 1. The monoisotopic (exact) mass is 296 g/mol. The van der Waals surface area contributed by atoms with Crippen molar-refractivity contribution in [2.45, 2.75) is 19.9 Å². The van der Waals surface area contributed by atoms with E-state index in [9.17, 15) is 9.59 Å². The first kappa shape index (κ1) is 15.8. The van der Waals surface area contributed by atoms with Gasteiger partial charge in [0.2, 0.25) is 11.8 Å². The van der Waals surface area contributed by atoms with Crippen LogP contribution in [0.1, 0.15) is 18.9 Å². The molecule has 4 nitrogen and oxygen atoms in total. The molecule has 2 aromatic carbocycles. The van der Waals surface area contributed by atoms with Crippen LogP contribution in [0.5, 0.6) is 0 Å². The molecule has 0 aliphatic heterocycles. The molecule has 2 rings (SSSR count). The van der Waals surface area contributed by atoms with Crippen LogP contribution in [0.15, 0.2) is 60.7 Å². The summed E-state index contributed by atoms with van der Waals surface area (Å²) in [6.07, 6.45) is 0.279. The lowest BCUT2D eigenvalue weighted by Gasteiger charge is -2.21. The number of carbonyl (C=O) groups excluding carboxylic acids is 2. The van der Waals surface area contributed by atoms with Gasteiger partial charge in [0, 0.05) is 32.1 Å². The van der Waals surface area contributed by atoms with Crippen molar-refractivity contribution in [1.29, 1.82) is 0 Å². The van der Waals surface area contributed by atoms with Gasteiger partial charge in [-0.1, -0.05) is 48.5 Å². The number of para-hydroxylation sites is 1.